The number of pyridine rings is 1. The van der Waals surface area contributed by atoms with Crippen LogP contribution in [0.5, 0.6) is 0 Å². The average Bonchev–Trinajstić information content (AvgIpc) is 2.38. The predicted molar refractivity (Wildman–Crippen MR) is 64.8 cm³/mol. The van der Waals surface area contributed by atoms with Gasteiger partial charge in [-0.1, -0.05) is 41.9 Å². The second-order valence-electron chi connectivity index (χ2n) is 3.40. The van der Waals surface area contributed by atoms with Gasteiger partial charge in [-0.2, -0.15) is 0 Å². The van der Waals surface area contributed by atoms with E-state index in [4.69, 9.17) is 16.3 Å². The van der Waals surface area contributed by atoms with E-state index < -0.39 is 5.97 Å². The van der Waals surface area contributed by atoms with Gasteiger partial charge in [-0.05, 0) is 17.7 Å². The normalized spacial score (nSPS) is 9.94. The second-order valence-corrected chi connectivity index (χ2v) is 3.80. The van der Waals surface area contributed by atoms with Gasteiger partial charge < -0.3 is 4.74 Å². The fourth-order valence-electron chi connectivity index (χ4n) is 1.33. The number of ether oxygens (including phenoxy) is 1. The number of hydrogen-bond donors (Lipinski definition) is 0. The first-order valence-corrected chi connectivity index (χ1v) is 5.47. The summed E-state index contributed by atoms with van der Waals surface area (Å²) in [4.78, 5) is 15.6. The summed E-state index contributed by atoms with van der Waals surface area (Å²) in [6, 6.07) is 12.7. The highest BCUT2D eigenvalue weighted by Crippen LogP contribution is 2.14. The molecule has 17 heavy (non-hydrogen) atoms. The van der Waals surface area contributed by atoms with E-state index in [2.05, 4.69) is 4.98 Å². The van der Waals surface area contributed by atoms with E-state index in [0.717, 1.165) is 5.56 Å². The topological polar surface area (TPSA) is 39.2 Å². The molecule has 0 saturated heterocycles. The van der Waals surface area contributed by atoms with Gasteiger partial charge in [-0.15, -0.1) is 0 Å². The van der Waals surface area contributed by atoms with Gasteiger partial charge in [0.1, 0.15) is 6.61 Å². The molecule has 4 heteroatoms. The van der Waals surface area contributed by atoms with Gasteiger partial charge in [0.05, 0.1) is 5.02 Å². The fraction of sp³-hybridized carbons (Fsp3) is 0.0769. The van der Waals surface area contributed by atoms with Crippen LogP contribution in [0.2, 0.25) is 5.02 Å². The Balaban J connectivity index is 2.01. The van der Waals surface area contributed by atoms with Crippen LogP contribution in [0.4, 0.5) is 0 Å². The Hall–Kier alpha value is -1.87. The number of esters is 1. The summed E-state index contributed by atoms with van der Waals surface area (Å²) in [7, 11) is 0. The van der Waals surface area contributed by atoms with Crippen molar-refractivity contribution in [3.05, 3.63) is 64.9 Å². The molecule has 0 fully saturated rings. The molecule has 1 heterocycles. The van der Waals surface area contributed by atoms with E-state index in [9.17, 15) is 4.79 Å². The molecular formula is C13H10ClNO2. The van der Waals surface area contributed by atoms with Crippen LogP contribution >= 0.6 is 11.6 Å². The molecule has 0 aliphatic heterocycles. The SMILES string of the molecule is O=C(OCc1ccccc1)c1ncccc1Cl. The molecule has 0 spiro atoms. The maximum Gasteiger partial charge on any atom is 0.358 e. The van der Waals surface area contributed by atoms with Crippen molar-refractivity contribution in [3.8, 4) is 0 Å². The van der Waals surface area contributed by atoms with Crippen molar-refractivity contribution in [1.29, 1.82) is 0 Å². The third-order valence-electron chi connectivity index (χ3n) is 2.16. The molecule has 3 nitrogen and oxygen atoms in total. The molecule has 0 saturated carbocycles. The molecule has 2 aromatic rings. The van der Waals surface area contributed by atoms with E-state index >= 15 is 0 Å². The number of hydrogen-bond acceptors (Lipinski definition) is 3. The number of benzene rings is 1. The van der Waals surface area contributed by atoms with Crippen molar-refractivity contribution >= 4 is 17.6 Å². The maximum absolute atomic E-state index is 11.7. The first-order chi connectivity index (χ1) is 8.27. The Bertz CT molecular complexity index is 514. The minimum atomic E-state index is -0.514. The average molecular weight is 248 g/mol. The lowest BCUT2D eigenvalue weighted by atomic mass is 10.2. The van der Waals surface area contributed by atoms with Crippen molar-refractivity contribution in [2.75, 3.05) is 0 Å². The molecule has 1 aromatic heterocycles. The van der Waals surface area contributed by atoms with E-state index in [0.29, 0.717) is 5.02 Å². The monoisotopic (exact) mass is 247 g/mol. The van der Waals surface area contributed by atoms with Gasteiger partial charge in [0, 0.05) is 6.20 Å². The van der Waals surface area contributed by atoms with Crippen LogP contribution in [-0.2, 0) is 11.3 Å². The molecule has 0 N–H and O–H groups in total. The van der Waals surface area contributed by atoms with Crippen LogP contribution in [0.25, 0.3) is 0 Å². The number of carbonyl (C=O) groups is 1. The summed E-state index contributed by atoms with van der Waals surface area (Å²) in [5, 5.41) is 0.297. The van der Waals surface area contributed by atoms with Crippen LogP contribution in [0.3, 0.4) is 0 Å². The zero-order chi connectivity index (χ0) is 12.1. The number of nitrogens with zero attached hydrogens (tertiary/aromatic N) is 1. The Morgan fingerprint density at radius 3 is 2.65 bits per heavy atom. The van der Waals surface area contributed by atoms with Crippen molar-refractivity contribution in [2.24, 2.45) is 0 Å². The summed E-state index contributed by atoms with van der Waals surface area (Å²) in [6.07, 6.45) is 1.50. The van der Waals surface area contributed by atoms with Gasteiger partial charge in [0.15, 0.2) is 5.69 Å². The summed E-state index contributed by atoms with van der Waals surface area (Å²) in [5.74, 6) is -0.514. The van der Waals surface area contributed by atoms with E-state index in [1.165, 1.54) is 6.20 Å². The van der Waals surface area contributed by atoms with Crippen molar-refractivity contribution in [1.82, 2.24) is 4.98 Å². The van der Waals surface area contributed by atoms with Crippen molar-refractivity contribution in [3.63, 3.8) is 0 Å². The number of aromatic nitrogens is 1. The van der Waals surface area contributed by atoms with Gasteiger partial charge >= 0.3 is 5.97 Å². The molecule has 0 unspecified atom stereocenters. The smallest absolute Gasteiger partial charge is 0.358 e. The van der Waals surface area contributed by atoms with Crippen LogP contribution in [0, 0.1) is 0 Å². The van der Waals surface area contributed by atoms with Crippen LogP contribution in [0.15, 0.2) is 48.7 Å². The van der Waals surface area contributed by atoms with E-state index in [1.807, 2.05) is 30.3 Å². The zero-order valence-electron chi connectivity index (χ0n) is 8.97. The van der Waals surface area contributed by atoms with Gasteiger partial charge in [-0.3, -0.25) is 0 Å². The molecule has 0 bridgehead atoms. The molecule has 0 radical (unpaired) electrons. The first-order valence-electron chi connectivity index (χ1n) is 5.09. The molecule has 0 aliphatic carbocycles. The zero-order valence-corrected chi connectivity index (χ0v) is 9.72. The lowest BCUT2D eigenvalue weighted by Crippen LogP contribution is -2.07. The maximum atomic E-state index is 11.7. The molecular weight excluding hydrogens is 238 g/mol. The molecule has 0 amide bonds. The number of rotatable bonds is 3. The fourth-order valence-corrected chi connectivity index (χ4v) is 1.53. The molecule has 86 valence electrons. The number of carbonyl (C=O) groups excluding carboxylic acids is 1. The van der Waals surface area contributed by atoms with E-state index in [1.54, 1.807) is 12.1 Å². The molecule has 1 aromatic carbocycles. The van der Waals surface area contributed by atoms with Crippen molar-refractivity contribution < 1.29 is 9.53 Å². The number of halogens is 1. The van der Waals surface area contributed by atoms with Gasteiger partial charge in [0.2, 0.25) is 0 Å². The van der Waals surface area contributed by atoms with E-state index in [-0.39, 0.29) is 12.3 Å². The quantitative estimate of drug-likeness (QED) is 0.783. The highest BCUT2D eigenvalue weighted by atomic mass is 35.5. The lowest BCUT2D eigenvalue weighted by molar-refractivity contribution is 0.0466. The Morgan fingerprint density at radius 1 is 1.18 bits per heavy atom. The summed E-state index contributed by atoms with van der Waals surface area (Å²) >= 11 is 5.84. The molecule has 2 rings (SSSR count). The molecule has 0 atom stereocenters. The van der Waals surface area contributed by atoms with Crippen LogP contribution < -0.4 is 0 Å². The highest BCUT2D eigenvalue weighted by molar-refractivity contribution is 6.33. The summed E-state index contributed by atoms with van der Waals surface area (Å²) in [5.41, 5.74) is 1.07. The van der Waals surface area contributed by atoms with Gasteiger partial charge in [0.25, 0.3) is 0 Å². The van der Waals surface area contributed by atoms with Gasteiger partial charge in [-0.25, -0.2) is 9.78 Å². The summed E-state index contributed by atoms with van der Waals surface area (Å²) < 4.78 is 5.11. The molecule has 0 aliphatic rings. The third kappa shape index (κ3) is 3.04. The van der Waals surface area contributed by atoms with Crippen LogP contribution in [-0.4, -0.2) is 11.0 Å². The summed E-state index contributed by atoms with van der Waals surface area (Å²) in [6.45, 7) is 0.215. The van der Waals surface area contributed by atoms with Crippen LogP contribution in [0.1, 0.15) is 16.1 Å². The van der Waals surface area contributed by atoms with Crippen molar-refractivity contribution in [2.45, 2.75) is 6.61 Å². The first kappa shape index (κ1) is 11.6. The highest BCUT2D eigenvalue weighted by Gasteiger charge is 2.12. The standard InChI is InChI=1S/C13H10ClNO2/c14-11-7-4-8-15-12(11)13(16)17-9-10-5-2-1-3-6-10/h1-8H,9H2. The Morgan fingerprint density at radius 2 is 1.94 bits per heavy atom. The Kier molecular flexibility index (Phi) is 3.73. The lowest BCUT2D eigenvalue weighted by Gasteiger charge is -2.05. The third-order valence-corrected chi connectivity index (χ3v) is 2.47. The Labute approximate surface area is 104 Å². The minimum absolute atomic E-state index is 0.144. The second kappa shape index (κ2) is 5.46. The minimum Gasteiger partial charge on any atom is -0.456 e. The predicted octanol–water partition coefficient (Wildman–Crippen LogP) is 3.09. The largest absolute Gasteiger partial charge is 0.456 e.